The first-order chi connectivity index (χ1) is 18.3. The van der Waals surface area contributed by atoms with Gasteiger partial charge in [-0.1, -0.05) is 113 Å². The van der Waals surface area contributed by atoms with E-state index in [0.717, 1.165) is 10.2 Å². The monoisotopic (exact) mass is 555 g/mol. The van der Waals surface area contributed by atoms with Crippen molar-refractivity contribution in [2.75, 3.05) is 4.90 Å². The second-order valence-corrected chi connectivity index (χ2v) is 11.1. The molecule has 0 aliphatic heterocycles. The molecule has 7 rings (SSSR count). The van der Waals surface area contributed by atoms with Crippen LogP contribution in [0.15, 0.2) is 138 Å². The summed E-state index contributed by atoms with van der Waals surface area (Å²) in [5.74, 6) is 0. The van der Waals surface area contributed by atoms with Crippen LogP contribution in [0.1, 0.15) is 0 Å². The maximum atomic E-state index is 3.84. The Hall–Kier alpha value is -3.92. The third-order valence-corrected chi connectivity index (χ3v) is 8.57. The van der Waals surface area contributed by atoms with Gasteiger partial charge in [0.1, 0.15) is 0 Å². The van der Waals surface area contributed by atoms with Crippen molar-refractivity contribution in [3.63, 3.8) is 0 Å². The topological polar surface area (TPSA) is 3.24 Å². The molecule has 0 amide bonds. The second kappa shape index (κ2) is 9.19. The lowest BCUT2D eigenvalue weighted by atomic mass is 9.96. The average molecular weight is 557 g/mol. The van der Waals surface area contributed by atoms with Crippen LogP contribution in [0, 0.1) is 0 Å². The smallest absolute Gasteiger partial charge is 0.0651 e. The van der Waals surface area contributed by atoms with E-state index in [1.54, 1.807) is 0 Å². The molecule has 0 aliphatic rings. The molecule has 0 fully saturated rings. The van der Waals surface area contributed by atoms with Crippen LogP contribution in [0.4, 0.5) is 17.1 Å². The van der Waals surface area contributed by atoms with E-state index in [-0.39, 0.29) is 0 Å². The highest BCUT2D eigenvalue weighted by Gasteiger charge is 2.21. The molecule has 1 nitrogen and oxygen atoms in total. The van der Waals surface area contributed by atoms with Crippen molar-refractivity contribution in [1.29, 1.82) is 0 Å². The zero-order valence-electron chi connectivity index (χ0n) is 19.9. The highest BCUT2D eigenvalue weighted by atomic mass is 79.9. The van der Waals surface area contributed by atoms with Gasteiger partial charge in [0, 0.05) is 31.0 Å². The summed E-state index contributed by atoms with van der Waals surface area (Å²) >= 11 is 5.69. The molecule has 176 valence electrons. The number of nitrogens with zero attached hydrogens (tertiary/aromatic N) is 1. The largest absolute Gasteiger partial charge is 0.308 e. The molecular formula is C34H22BrNS. The number of hydrogen-bond donors (Lipinski definition) is 0. The van der Waals surface area contributed by atoms with Crippen molar-refractivity contribution >= 4 is 75.3 Å². The Morgan fingerprint density at radius 2 is 1.16 bits per heavy atom. The summed E-state index contributed by atoms with van der Waals surface area (Å²) < 4.78 is 3.66. The van der Waals surface area contributed by atoms with E-state index in [9.17, 15) is 0 Å². The summed E-state index contributed by atoms with van der Waals surface area (Å²) in [6.45, 7) is 0. The van der Waals surface area contributed by atoms with Crippen LogP contribution in [-0.4, -0.2) is 0 Å². The first kappa shape index (κ1) is 22.3. The van der Waals surface area contributed by atoms with Crippen LogP contribution >= 0.6 is 27.3 Å². The van der Waals surface area contributed by atoms with Gasteiger partial charge in [0.05, 0.1) is 16.1 Å². The fourth-order valence-electron chi connectivity index (χ4n) is 5.27. The van der Waals surface area contributed by atoms with Gasteiger partial charge in [0.25, 0.3) is 0 Å². The van der Waals surface area contributed by atoms with E-state index >= 15 is 0 Å². The molecule has 0 spiro atoms. The van der Waals surface area contributed by atoms with Crippen LogP contribution in [0.25, 0.3) is 42.1 Å². The zero-order chi connectivity index (χ0) is 24.8. The quantitative estimate of drug-likeness (QED) is 0.208. The van der Waals surface area contributed by atoms with Gasteiger partial charge in [-0.25, -0.2) is 0 Å². The minimum Gasteiger partial charge on any atom is -0.308 e. The lowest BCUT2D eigenvalue weighted by molar-refractivity contribution is 1.31. The Morgan fingerprint density at radius 1 is 0.514 bits per heavy atom. The minimum atomic E-state index is 1.07. The predicted octanol–water partition coefficient (Wildman–Crippen LogP) is 11.1. The number of fused-ring (bicyclic) bond motifs is 4. The molecule has 0 unspecified atom stereocenters. The van der Waals surface area contributed by atoms with Gasteiger partial charge in [-0.2, -0.15) is 0 Å². The molecule has 3 heteroatoms. The lowest BCUT2D eigenvalue weighted by Crippen LogP contribution is -2.10. The molecule has 0 saturated heterocycles. The maximum absolute atomic E-state index is 3.84. The van der Waals surface area contributed by atoms with Gasteiger partial charge >= 0.3 is 0 Å². The number of rotatable bonds is 4. The van der Waals surface area contributed by atoms with Crippen molar-refractivity contribution in [1.82, 2.24) is 0 Å². The molecule has 7 aromatic rings. The summed E-state index contributed by atoms with van der Waals surface area (Å²) in [7, 11) is 0. The molecule has 1 aromatic heterocycles. The molecule has 0 N–H and O–H groups in total. The van der Waals surface area contributed by atoms with Crippen LogP contribution < -0.4 is 4.90 Å². The number of para-hydroxylation sites is 1. The van der Waals surface area contributed by atoms with Crippen molar-refractivity contribution in [3.8, 4) is 11.1 Å². The minimum absolute atomic E-state index is 1.07. The first-order valence-electron chi connectivity index (χ1n) is 12.3. The van der Waals surface area contributed by atoms with E-state index in [2.05, 4.69) is 154 Å². The third-order valence-electron chi connectivity index (χ3n) is 6.91. The van der Waals surface area contributed by atoms with E-state index in [1.165, 1.54) is 53.4 Å². The Balaban J connectivity index is 1.56. The molecule has 6 aromatic carbocycles. The van der Waals surface area contributed by atoms with E-state index in [4.69, 9.17) is 0 Å². The van der Waals surface area contributed by atoms with Gasteiger partial charge in [0.15, 0.2) is 0 Å². The Morgan fingerprint density at radius 3 is 1.95 bits per heavy atom. The van der Waals surface area contributed by atoms with Crippen molar-refractivity contribution in [2.24, 2.45) is 0 Å². The SMILES string of the molecule is Brc1cc(N(c2ccccc2)c2ccc(-c3ccccc3)c3ccccc23)c2sc3ccccc3c2c1. The summed E-state index contributed by atoms with van der Waals surface area (Å²) in [5.41, 5.74) is 5.95. The van der Waals surface area contributed by atoms with Crippen molar-refractivity contribution in [3.05, 3.63) is 138 Å². The molecule has 0 aliphatic carbocycles. The number of benzene rings is 6. The molecule has 1 heterocycles. The van der Waals surface area contributed by atoms with Crippen LogP contribution in [0.3, 0.4) is 0 Å². The number of halogens is 1. The highest BCUT2D eigenvalue weighted by Crippen LogP contribution is 2.48. The molecule has 0 saturated carbocycles. The van der Waals surface area contributed by atoms with Crippen molar-refractivity contribution < 1.29 is 0 Å². The van der Waals surface area contributed by atoms with Gasteiger partial charge in [-0.3, -0.25) is 0 Å². The number of hydrogen-bond acceptors (Lipinski definition) is 2. The number of thiophene rings is 1. The molecule has 0 atom stereocenters. The lowest BCUT2D eigenvalue weighted by Gasteiger charge is -2.28. The van der Waals surface area contributed by atoms with E-state index in [0.29, 0.717) is 0 Å². The third kappa shape index (κ3) is 3.83. The standard InChI is InChI=1S/C34H22BrNS/c35-24-21-30-29-17-9-10-18-33(29)37-34(30)32(22-24)36(25-13-5-2-6-14-25)31-20-19-26(23-11-3-1-4-12-23)27-15-7-8-16-28(27)31/h1-22H. The van der Waals surface area contributed by atoms with E-state index in [1.807, 2.05) is 11.3 Å². The predicted molar refractivity (Wildman–Crippen MR) is 165 cm³/mol. The summed E-state index contributed by atoms with van der Waals surface area (Å²) in [6.07, 6.45) is 0. The van der Waals surface area contributed by atoms with Crippen LogP contribution in [0.2, 0.25) is 0 Å². The Labute approximate surface area is 228 Å². The maximum Gasteiger partial charge on any atom is 0.0651 e. The van der Waals surface area contributed by atoms with Gasteiger partial charge in [-0.05, 0) is 52.9 Å². The summed E-state index contributed by atoms with van der Waals surface area (Å²) in [4.78, 5) is 2.42. The summed E-state index contributed by atoms with van der Waals surface area (Å²) in [6, 6.07) is 47.8. The molecule has 0 radical (unpaired) electrons. The van der Waals surface area contributed by atoms with Crippen molar-refractivity contribution in [2.45, 2.75) is 0 Å². The van der Waals surface area contributed by atoms with E-state index < -0.39 is 0 Å². The Bertz CT molecular complexity index is 1890. The average Bonchev–Trinajstić information content (AvgIpc) is 3.33. The second-order valence-electron chi connectivity index (χ2n) is 9.11. The van der Waals surface area contributed by atoms with Gasteiger partial charge in [-0.15, -0.1) is 11.3 Å². The fraction of sp³-hybridized carbons (Fsp3) is 0. The Kier molecular flexibility index (Phi) is 5.53. The molecule has 0 bridgehead atoms. The molecule has 37 heavy (non-hydrogen) atoms. The number of anilines is 3. The fourth-order valence-corrected chi connectivity index (χ4v) is 6.91. The van der Waals surface area contributed by atoms with Crippen LogP contribution in [-0.2, 0) is 0 Å². The normalized spacial score (nSPS) is 11.4. The molecular weight excluding hydrogens is 534 g/mol. The van der Waals surface area contributed by atoms with Gasteiger partial charge < -0.3 is 4.90 Å². The summed E-state index contributed by atoms with van der Waals surface area (Å²) in [5, 5.41) is 5.04. The first-order valence-corrected chi connectivity index (χ1v) is 13.9. The zero-order valence-corrected chi connectivity index (χ0v) is 22.3. The highest BCUT2D eigenvalue weighted by molar-refractivity contribution is 9.10. The van der Waals surface area contributed by atoms with Crippen LogP contribution in [0.5, 0.6) is 0 Å². The van der Waals surface area contributed by atoms with Gasteiger partial charge in [0.2, 0.25) is 0 Å².